The van der Waals surface area contributed by atoms with Gasteiger partial charge in [0.1, 0.15) is 0 Å². The molecule has 0 radical (unpaired) electrons. The topological polar surface area (TPSA) is 58.4 Å². The summed E-state index contributed by atoms with van der Waals surface area (Å²) >= 11 is 0. The third-order valence-corrected chi connectivity index (χ3v) is 4.49. The van der Waals surface area contributed by atoms with E-state index in [-0.39, 0.29) is 11.4 Å². The lowest BCUT2D eigenvalue weighted by Gasteiger charge is -2.47. The maximum atomic E-state index is 12.4. The maximum absolute atomic E-state index is 12.4. The van der Waals surface area contributed by atoms with Gasteiger partial charge in [0.2, 0.25) is 0 Å². The lowest BCUT2D eigenvalue weighted by Crippen LogP contribution is -2.57. The minimum Gasteiger partial charge on any atom is -0.350 e. The van der Waals surface area contributed by atoms with Crippen molar-refractivity contribution in [1.82, 2.24) is 10.2 Å². The van der Waals surface area contributed by atoms with Gasteiger partial charge in [0.15, 0.2) is 0 Å². The molecule has 0 bridgehead atoms. The normalized spacial score (nSPS) is 16.8. The van der Waals surface area contributed by atoms with E-state index in [1.54, 1.807) is 0 Å². The number of hydrogen-bond donors (Lipinski definition) is 2. The number of carbonyl (C=O) groups excluding carboxylic acids is 1. The molecule has 1 fully saturated rings. The van der Waals surface area contributed by atoms with Crippen LogP contribution in [0.1, 0.15) is 35.2 Å². The number of amides is 1. The van der Waals surface area contributed by atoms with Crippen LogP contribution in [0.15, 0.2) is 24.3 Å². The molecule has 4 nitrogen and oxygen atoms in total. The number of nitrogens with one attached hydrogen (secondary N) is 1. The molecule has 0 spiro atoms. The molecule has 0 saturated heterocycles. The van der Waals surface area contributed by atoms with E-state index in [1.165, 1.54) is 6.42 Å². The molecule has 1 aliphatic carbocycles. The van der Waals surface area contributed by atoms with E-state index in [0.717, 1.165) is 36.9 Å². The van der Waals surface area contributed by atoms with Crippen LogP contribution < -0.4 is 11.1 Å². The van der Waals surface area contributed by atoms with Gasteiger partial charge in [0, 0.05) is 17.6 Å². The zero-order valence-corrected chi connectivity index (χ0v) is 12.5. The van der Waals surface area contributed by atoms with Crippen molar-refractivity contribution in [3.63, 3.8) is 0 Å². The lowest BCUT2D eigenvalue weighted by molar-refractivity contribution is 0.0557. The van der Waals surface area contributed by atoms with Crippen molar-refractivity contribution in [3.05, 3.63) is 35.4 Å². The highest BCUT2D eigenvalue weighted by atomic mass is 16.1. The Kier molecular flexibility index (Phi) is 4.78. The Bertz CT molecular complexity index is 467. The van der Waals surface area contributed by atoms with Gasteiger partial charge >= 0.3 is 0 Å². The van der Waals surface area contributed by atoms with Gasteiger partial charge < -0.3 is 16.0 Å². The summed E-state index contributed by atoms with van der Waals surface area (Å²) in [6.07, 6.45) is 4.30. The molecular weight excluding hydrogens is 250 g/mol. The highest BCUT2D eigenvalue weighted by molar-refractivity contribution is 5.95. The van der Waals surface area contributed by atoms with Crippen molar-refractivity contribution in [2.45, 2.75) is 31.2 Å². The smallest absolute Gasteiger partial charge is 0.251 e. The predicted octanol–water partition coefficient (Wildman–Crippen LogP) is 1.40. The molecule has 4 heteroatoms. The van der Waals surface area contributed by atoms with Crippen LogP contribution in [0.4, 0.5) is 0 Å². The van der Waals surface area contributed by atoms with Crippen molar-refractivity contribution in [2.24, 2.45) is 5.73 Å². The molecule has 1 amide bonds. The summed E-state index contributed by atoms with van der Waals surface area (Å²) in [5, 5.41) is 3.10. The second-order valence-electron chi connectivity index (χ2n) is 5.85. The fourth-order valence-corrected chi connectivity index (χ4v) is 2.82. The Balaban J connectivity index is 2.02. The number of hydrogen-bond acceptors (Lipinski definition) is 3. The quantitative estimate of drug-likeness (QED) is 0.825. The first-order chi connectivity index (χ1) is 9.59. The number of likely N-dealkylation sites (N-methyl/N-ethyl adjacent to an activating group) is 1. The molecule has 3 N–H and O–H groups in total. The van der Waals surface area contributed by atoms with E-state index in [1.807, 2.05) is 24.3 Å². The number of nitrogens with zero attached hydrogens (tertiary/aromatic N) is 1. The maximum Gasteiger partial charge on any atom is 0.251 e. The molecule has 1 aliphatic rings. The van der Waals surface area contributed by atoms with Gasteiger partial charge in [-0.3, -0.25) is 4.79 Å². The summed E-state index contributed by atoms with van der Waals surface area (Å²) < 4.78 is 0. The van der Waals surface area contributed by atoms with Crippen molar-refractivity contribution in [2.75, 3.05) is 27.2 Å². The third kappa shape index (κ3) is 3.02. The van der Waals surface area contributed by atoms with Crippen molar-refractivity contribution < 1.29 is 4.79 Å². The number of nitrogens with two attached hydrogens (primary N) is 1. The highest BCUT2D eigenvalue weighted by Gasteiger charge is 2.39. The number of benzene rings is 1. The van der Waals surface area contributed by atoms with E-state index < -0.39 is 0 Å². The largest absolute Gasteiger partial charge is 0.350 e. The SMILES string of the molecule is CN(C)C1(CNC(=O)c2ccccc2CCN)CCC1. The summed E-state index contributed by atoms with van der Waals surface area (Å²) in [6.45, 7) is 1.28. The van der Waals surface area contributed by atoms with Crippen LogP contribution in [0.3, 0.4) is 0 Å². The van der Waals surface area contributed by atoms with E-state index in [4.69, 9.17) is 5.73 Å². The number of rotatable bonds is 6. The minimum atomic E-state index is 0.0159. The fraction of sp³-hybridized carbons (Fsp3) is 0.562. The summed E-state index contributed by atoms with van der Waals surface area (Å²) in [5.74, 6) is 0.0159. The van der Waals surface area contributed by atoms with Crippen molar-refractivity contribution in [3.8, 4) is 0 Å². The summed E-state index contributed by atoms with van der Waals surface area (Å²) in [4.78, 5) is 14.6. The first kappa shape index (κ1) is 15.0. The predicted molar refractivity (Wildman–Crippen MR) is 81.8 cm³/mol. The fourth-order valence-electron chi connectivity index (χ4n) is 2.82. The Labute approximate surface area is 121 Å². The Hall–Kier alpha value is -1.39. The molecule has 0 atom stereocenters. The van der Waals surface area contributed by atoms with Gasteiger partial charge in [-0.1, -0.05) is 18.2 Å². The first-order valence-electron chi connectivity index (χ1n) is 7.33. The van der Waals surface area contributed by atoms with E-state index in [0.29, 0.717) is 6.54 Å². The molecule has 20 heavy (non-hydrogen) atoms. The monoisotopic (exact) mass is 275 g/mol. The molecule has 1 aromatic carbocycles. The molecule has 0 aliphatic heterocycles. The Morgan fingerprint density at radius 2 is 2.05 bits per heavy atom. The van der Waals surface area contributed by atoms with Gasteiger partial charge in [-0.25, -0.2) is 0 Å². The molecule has 2 rings (SSSR count). The second kappa shape index (κ2) is 6.37. The second-order valence-corrected chi connectivity index (χ2v) is 5.85. The van der Waals surface area contributed by atoms with Gasteiger partial charge in [0.25, 0.3) is 5.91 Å². The van der Waals surface area contributed by atoms with Crippen LogP contribution in [-0.2, 0) is 6.42 Å². The summed E-state index contributed by atoms with van der Waals surface area (Å²) in [5.41, 5.74) is 7.54. The van der Waals surface area contributed by atoms with Crippen LogP contribution in [0.2, 0.25) is 0 Å². The van der Waals surface area contributed by atoms with E-state index in [9.17, 15) is 4.79 Å². The van der Waals surface area contributed by atoms with Crippen LogP contribution in [0.25, 0.3) is 0 Å². The van der Waals surface area contributed by atoms with Crippen LogP contribution in [0.5, 0.6) is 0 Å². The molecule has 1 aromatic rings. The average Bonchev–Trinajstić information content (AvgIpc) is 2.38. The zero-order chi connectivity index (χ0) is 14.6. The molecular formula is C16H25N3O. The van der Waals surface area contributed by atoms with Gasteiger partial charge in [-0.05, 0) is 58.0 Å². The van der Waals surface area contributed by atoms with Crippen molar-refractivity contribution >= 4 is 5.91 Å². The van der Waals surface area contributed by atoms with Crippen LogP contribution in [0, 0.1) is 0 Å². The minimum absolute atomic E-state index is 0.0159. The average molecular weight is 275 g/mol. The van der Waals surface area contributed by atoms with Gasteiger partial charge in [-0.15, -0.1) is 0 Å². The van der Waals surface area contributed by atoms with E-state index in [2.05, 4.69) is 24.3 Å². The van der Waals surface area contributed by atoms with Crippen LogP contribution >= 0.6 is 0 Å². The van der Waals surface area contributed by atoms with Gasteiger partial charge in [0.05, 0.1) is 0 Å². The van der Waals surface area contributed by atoms with Crippen LogP contribution in [-0.4, -0.2) is 43.5 Å². The molecule has 110 valence electrons. The van der Waals surface area contributed by atoms with Crippen molar-refractivity contribution in [1.29, 1.82) is 0 Å². The molecule has 0 aromatic heterocycles. The van der Waals surface area contributed by atoms with Gasteiger partial charge in [-0.2, -0.15) is 0 Å². The Morgan fingerprint density at radius 3 is 2.60 bits per heavy atom. The third-order valence-electron chi connectivity index (χ3n) is 4.49. The Morgan fingerprint density at radius 1 is 1.35 bits per heavy atom. The van der Waals surface area contributed by atoms with E-state index >= 15 is 0 Å². The standard InChI is InChI=1S/C16H25N3O/c1-19(2)16(9-5-10-16)12-18-15(20)14-7-4-3-6-13(14)8-11-17/h3-4,6-7H,5,8-12,17H2,1-2H3,(H,18,20). The summed E-state index contributed by atoms with van der Waals surface area (Å²) in [6, 6.07) is 7.71. The number of carbonyl (C=O) groups is 1. The first-order valence-corrected chi connectivity index (χ1v) is 7.33. The summed E-state index contributed by atoms with van der Waals surface area (Å²) in [7, 11) is 4.18. The lowest BCUT2D eigenvalue weighted by atomic mass is 9.75. The molecule has 1 saturated carbocycles. The zero-order valence-electron chi connectivity index (χ0n) is 12.5. The molecule has 0 unspecified atom stereocenters. The molecule has 0 heterocycles. The highest BCUT2D eigenvalue weighted by Crippen LogP contribution is 2.35.